The van der Waals surface area contributed by atoms with Crippen LogP contribution in [0.4, 0.5) is 0 Å². The van der Waals surface area contributed by atoms with Crippen molar-refractivity contribution < 1.29 is 25.0 Å². The molecule has 0 aromatic heterocycles. The van der Waals surface area contributed by atoms with Crippen LogP contribution in [0.3, 0.4) is 0 Å². The first-order valence-electron chi connectivity index (χ1n) is 9.32. The molecule has 0 aromatic rings. The zero-order valence-corrected chi connectivity index (χ0v) is 16.3. The quantitative estimate of drug-likeness (QED) is 0.115. The molecule has 148 valence electrons. The van der Waals surface area contributed by atoms with E-state index in [1.54, 1.807) is 20.5 Å². The molecule has 0 rings (SSSR count). The number of rotatable bonds is 17. The van der Waals surface area contributed by atoms with Crippen molar-refractivity contribution in [2.24, 2.45) is 5.92 Å². The lowest BCUT2D eigenvalue weighted by molar-refractivity contribution is 0.209. The Morgan fingerprint density at radius 1 is 1.04 bits per heavy atom. The van der Waals surface area contributed by atoms with Gasteiger partial charge in [0.1, 0.15) is 0 Å². The van der Waals surface area contributed by atoms with Gasteiger partial charge in [0, 0.05) is 13.2 Å². The first-order chi connectivity index (χ1) is 12.3. The van der Waals surface area contributed by atoms with E-state index in [0.29, 0.717) is 45.7 Å². The van der Waals surface area contributed by atoms with Crippen molar-refractivity contribution in [1.29, 1.82) is 0 Å². The van der Waals surface area contributed by atoms with E-state index in [-0.39, 0.29) is 19.9 Å². The SMILES string of the molecule is CB(O)NCCN(BC=O)CC(CCO)CN(CCNB(C)O)B(C)O. The van der Waals surface area contributed by atoms with Crippen LogP contribution in [0, 0.1) is 5.92 Å². The van der Waals surface area contributed by atoms with E-state index in [1.807, 2.05) is 9.62 Å². The Balaban J connectivity index is 4.67. The molecule has 0 bridgehead atoms. The largest absolute Gasteiger partial charge is 0.437 e. The minimum atomic E-state index is -0.650. The molecule has 0 fully saturated rings. The van der Waals surface area contributed by atoms with Crippen LogP contribution < -0.4 is 10.5 Å². The Bertz CT molecular complexity index is 358. The maximum atomic E-state index is 10.9. The molecule has 0 aliphatic carbocycles. The highest BCUT2D eigenvalue weighted by atomic mass is 16.3. The number of carbonyl (C=O) groups excluding carboxylic acids is 1. The van der Waals surface area contributed by atoms with Gasteiger partial charge < -0.3 is 45.1 Å². The van der Waals surface area contributed by atoms with E-state index in [4.69, 9.17) is 0 Å². The van der Waals surface area contributed by atoms with Crippen molar-refractivity contribution in [2.45, 2.75) is 26.9 Å². The minimum Gasteiger partial charge on any atom is -0.437 e. The fourth-order valence-electron chi connectivity index (χ4n) is 2.76. The Labute approximate surface area is 159 Å². The molecule has 13 heteroatoms. The van der Waals surface area contributed by atoms with Gasteiger partial charge in [0.15, 0.2) is 0 Å². The molecule has 0 saturated carbocycles. The summed E-state index contributed by atoms with van der Waals surface area (Å²) >= 11 is 0. The molecule has 6 N–H and O–H groups in total. The first kappa shape index (κ1) is 25.6. The molecule has 0 heterocycles. The molecular formula is C13H34B4N4O5. The van der Waals surface area contributed by atoms with Crippen molar-refractivity contribution in [3.63, 3.8) is 0 Å². The monoisotopic (exact) mass is 370 g/mol. The summed E-state index contributed by atoms with van der Waals surface area (Å²) in [6.45, 7) is 8.42. The van der Waals surface area contributed by atoms with E-state index >= 15 is 0 Å². The highest BCUT2D eigenvalue weighted by Gasteiger charge is 2.22. The van der Waals surface area contributed by atoms with Crippen LogP contribution in [0.25, 0.3) is 0 Å². The van der Waals surface area contributed by atoms with Crippen molar-refractivity contribution in [3.05, 3.63) is 0 Å². The summed E-state index contributed by atoms with van der Waals surface area (Å²) in [6.07, 6.45) is 1.41. The van der Waals surface area contributed by atoms with E-state index in [2.05, 4.69) is 10.5 Å². The van der Waals surface area contributed by atoms with Crippen molar-refractivity contribution >= 4 is 34.8 Å². The van der Waals surface area contributed by atoms with Crippen molar-refractivity contribution in [2.75, 3.05) is 45.9 Å². The smallest absolute Gasteiger partial charge is 0.376 e. The van der Waals surface area contributed by atoms with Crippen LogP contribution in [0.2, 0.25) is 20.5 Å². The van der Waals surface area contributed by atoms with Crippen molar-refractivity contribution in [3.8, 4) is 0 Å². The van der Waals surface area contributed by atoms with Gasteiger partial charge in [-0.2, -0.15) is 0 Å². The number of aliphatic hydroxyl groups is 1. The molecule has 0 aliphatic rings. The van der Waals surface area contributed by atoms with Gasteiger partial charge in [0.2, 0.25) is 0 Å². The number of nitrogens with one attached hydrogen (secondary N) is 2. The summed E-state index contributed by atoms with van der Waals surface area (Å²) in [5.74, 6) is 0.0765. The Kier molecular flexibility index (Phi) is 15.4. The van der Waals surface area contributed by atoms with E-state index in [1.165, 1.54) is 0 Å². The molecule has 0 amide bonds. The van der Waals surface area contributed by atoms with Gasteiger partial charge in [-0.05, 0) is 65.5 Å². The van der Waals surface area contributed by atoms with Crippen LogP contribution in [0.5, 0.6) is 0 Å². The van der Waals surface area contributed by atoms with Gasteiger partial charge in [0.25, 0.3) is 7.41 Å². The van der Waals surface area contributed by atoms with Gasteiger partial charge in [-0.15, -0.1) is 0 Å². The Morgan fingerprint density at radius 3 is 2.08 bits per heavy atom. The fourth-order valence-corrected chi connectivity index (χ4v) is 2.76. The standard InChI is InChI=1S/C13H34B4N4O5/c1-15(24)18-5-7-20(14-12-23)10-13(4-9-22)11-21(17(3)26)8-6-19-16(2)25/h12-14,18-19,22,24-26H,4-11H2,1-3H3. The highest BCUT2D eigenvalue weighted by Crippen LogP contribution is 2.09. The van der Waals surface area contributed by atoms with Crippen LogP contribution in [-0.4, -0.2) is 110 Å². The molecule has 26 heavy (non-hydrogen) atoms. The number of carbonyl (C=O) groups is 1. The summed E-state index contributed by atoms with van der Waals surface area (Å²) in [7, 11) is -1.58. The first-order valence-corrected chi connectivity index (χ1v) is 9.32. The second kappa shape index (κ2) is 15.6. The third-order valence-electron chi connectivity index (χ3n) is 4.11. The van der Waals surface area contributed by atoms with E-state index in [9.17, 15) is 25.0 Å². The third-order valence-corrected chi connectivity index (χ3v) is 4.11. The summed E-state index contributed by atoms with van der Waals surface area (Å²) in [5.41, 5.74) is 0. The number of hydrogen-bond donors (Lipinski definition) is 6. The second-order valence-electron chi connectivity index (χ2n) is 6.69. The predicted molar refractivity (Wildman–Crippen MR) is 110 cm³/mol. The topological polar surface area (TPSA) is 129 Å². The zero-order valence-electron chi connectivity index (χ0n) is 16.3. The molecule has 0 spiro atoms. The average molecular weight is 370 g/mol. The molecule has 0 radical (unpaired) electrons. The molecule has 9 nitrogen and oxygen atoms in total. The predicted octanol–water partition coefficient (Wildman–Crippen LogP) is -3.36. The number of aliphatic hydroxyl groups excluding tert-OH is 1. The van der Waals surface area contributed by atoms with Gasteiger partial charge in [-0.25, -0.2) is 0 Å². The van der Waals surface area contributed by atoms with Gasteiger partial charge in [-0.1, -0.05) is 0 Å². The van der Waals surface area contributed by atoms with Crippen LogP contribution in [-0.2, 0) is 4.79 Å². The average Bonchev–Trinajstić information content (AvgIpc) is 2.53. The van der Waals surface area contributed by atoms with Crippen LogP contribution >= 0.6 is 0 Å². The normalized spacial score (nSPS) is 12.3. The molecule has 0 saturated heterocycles. The van der Waals surface area contributed by atoms with Gasteiger partial charge in [0.05, 0.1) is 6.19 Å². The molecular weight excluding hydrogens is 335 g/mol. The van der Waals surface area contributed by atoms with Crippen LogP contribution in [0.15, 0.2) is 0 Å². The lowest BCUT2D eigenvalue weighted by atomic mass is 9.82. The van der Waals surface area contributed by atoms with Crippen LogP contribution in [0.1, 0.15) is 6.42 Å². The zero-order chi connectivity index (χ0) is 19.9. The second-order valence-corrected chi connectivity index (χ2v) is 6.69. The van der Waals surface area contributed by atoms with Gasteiger partial charge >= 0.3 is 21.2 Å². The highest BCUT2D eigenvalue weighted by molar-refractivity contribution is 6.64. The third kappa shape index (κ3) is 13.8. The lowest BCUT2D eigenvalue weighted by Gasteiger charge is -2.31. The molecule has 0 aliphatic heterocycles. The fraction of sp³-hybridized carbons (Fsp3) is 0.923. The molecule has 1 atom stereocenters. The van der Waals surface area contributed by atoms with E-state index < -0.39 is 21.2 Å². The molecule has 0 aromatic carbocycles. The number of nitrogens with zero attached hydrogens (tertiary/aromatic N) is 2. The minimum absolute atomic E-state index is 0.0328. The molecule has 1 unspecified atom stereocenters. The maximum Gasteiger partial charge on any atom is 0.376 e. The summed E-state index contributed by atoms with van der Waals surface area (Å²) in [6, 6.07) is 0. The van der Waals surface area contributed by atoms with E-state index in [0.717, 1.165) is 6.19 Å². The number of hydrogen-bond acceptors (Lipinski definition) is 9. The Hall–Kier alpha value is -0.390. The summed E-state index contributed by atoms with van der Waals surface area (Å²) in [4.78, 5) is 14.8. The van der Waals surface area contributed by atoms with Gasteiger partial charge in [-0.3, -0.25) is 0 Å². The summed E-state index contributed by atoms with van der Waals surface area (Å²) in [5, 5.41) is 43.7. The van der Waals surface area contributed by atoms with Crippen molar-refractivity contribution in [1.82, 2.24) is 20.1 Å². The summed E-state index contributed by atoms with van der Waals surface area (Å²) < 4.78 is 0. The maximum absolute atomic E-state index is 10.9. The Morgan fingerprint density at radius 2 is 1.62 bits per heavy atom. The lowest BCUT2D eigenvalue weighted by Crippen LogP contribution is -2.48.